The maximum Gasteiger partial charge on any atom is 0.472 e. The molecule has 1 aliphatic rings. The Kier molecular flexibility index (Phi) is 38.9. The van der Waals surface area contributed by atoms with E-state index in [0.717, 1.165) is 38.5 Å². The second kappa shape index (κ2) is 40.6. The van der Waals surface area contributed by atoms with E-state index in [-0.39, 0.29) is 13.0 Å². The number of rotatable bonds is 45. The number of unbranched alkanes of at least 4 members (excludes halogenated alkanes) is 33. The molecule has 1 saturated carbocycles. The number of carbonyl (C=O) groups excluding carboxylic acids is 1. The molecule has 370 valence electrons. The van der Waals surface area contributed by atoms with E-state index in [1.807, 2.05) is 0 Å². The van der Waals surface area contributed by atoms with Crippen LogP contribution in [-0.2, 0) is 27.9 Å². The van der Waals surface area contributed by atoms with Crippen molar-refractivity contribution >= 4 is 13.8 Å². The van der Waals surface area contributed by atoms with Crippen LogP contribution in [0.25, 0.3) is 0 Å². The molecule has 12 nitrogen and oxygen atoms in total. The number of carbonyl (C=O) groups is 1. The number of aliphatic hydroxyl groups is 5. The molecule has 1 rings (SSSR count). The van der Waals surface area contributed by atoms with E-state index >= 15 is 0 Å². The molecule has 6 atom stereocenters. The SMILES string of the molecule is CCCCCCCCCCCCCCCCCCCCCCCCCCOCC(COP(=O)(O)OC1C(O)C(O)C(O)C(O)C1O)OC(=O)CCCCCCCCCCCCC. The number of aliphatic hydroxyl groups excluding tert-OH is 5. The fraction of sp³-hybridized carbons (Fsp3) is 0.980. The molecule has 62 heavy (non-hydrogen) atoms. The zero-order chi connectivity index (χ0) is 45.5. The van der Waals surface area contributed by atoms with E-state index in [0.29, 0.717) is 13.0 Å². The van der Waals surface area contributed by atoms with E-state index in [1.165, 1.54) is 180 Å². The highest BCUT2D eigenvalue weighted by molar-refractivity contribution is 7.47. The van der Waals surface area contributed by atoms with Gasteiger partial charge in [0, 0.05) is 13.0 Å². The third kappa shape index (κ3) is 32.1. The number of esters is 1. The minimum atomic E-state index is -5.01. The highest BCUT2D eigenvalue weighted by Crippen LogP contribution is 2.47. The van der Waals surface area contributed by atoms with Crippen LogP contribution < -0.4 is 0 Å². The first-order valence-electron chi connectivity index (χ1n) is 25.9. The summed E-state index contributed by atoms with van der Waals surface area (Å²) < 4.78 is 34.2. The van der Waals surface area contributed by atoms with Crippen LogP contribution >= 0.6 is 7.82 Å². The maximum absolute atomic E-state index is 12.8. The van der Waals surface area contributed by atoms with Crippen molar-refractivity contribution < 1.29 is 58.3 Å². The summed E-state index contributed by atoms with van der Waals surface area (Å²) in [5.74, 6) is -0.472. The summed E-state index contributed by atoms with van der Waals surface area (Å²) in [6.07, 6.45) is 31.9. The Morgan fingerprint density at radius 2 is 0.758 bits per heavy atom. The van der Waals surface area contributed by atoms with E-state index in [2.05, 4.69) is 13.8 Å². The number of ether oxygens (including phenoxy) is 2. The van der Waals surface area contributed by atoms with Gasteiger partial charge in [0.1, 0.15) is 42.7 Å². The lowest BCUT2D eigenvalue weighted by atomic mass is 9.85. The molecule has 0 radical (unpaired) electrons. The number of phosphoric ester groups is 1. The average molecular weight is 909 g/mol. The fourth-order valence-electron chi connectivity index (χ4n) is 8.36. The van der Waals surface area contributed by atoms with Crippen molar-refractivity contribution in [1.29, 1.82) is 0 Å². The standard InChI is InChI=1S/C49H97O12P/c1-3-5-7-9-11-13-15-16-17-18-19-20-21-22-23-24-25-26-27-29-31-33-35-37-39-58-40-42(60-43(50)38-36-34-32-30-28-14-12-10-8-6-4-2)41-59-62(56,57)61-49-47(54)45(52)44(51)46(53)48(49)55/h42,44-49,51-55H,3-41H2,1-2H3,(H,56,57). The molecular formula is C49H97O12P. The normalized spacial score (nSPS) is 21.9. The van der Waals surface area contributed by atoms with Gasteiger partial charge in [-0.3, -0.25) is 13.8 Å². The largest absolute Gasteiger partial charge is 0.472 e. The second-order valence-electron chi connectivity index (χ2n) is 18.4. The molecule has 0 aromatic rings. The smallest absolute Gasteiger partial charge is 0.457 e. The average Bonchev–Trinajstić information content (AvgIpc) is 3.26. The lowest BCUT2D eigenvalue weighted by Crippen LogP contribution is -2.64. The summed E-state index contributed by atoms with van der Waals surface area (Å²) in [5, 5.41) is 50.2. The van der Waals surface area contributed by atoms with Crippen molar-refractivity contribution in [3.05, 3.63) is 0 Å². The number of hydrogen-bond acceptors (Lipinski definition) is 11. The zero-order valence-electron chi connectivity index (χ0n) is 39.7. The lowest BCUT2D eigenvalue weighted by molar-refractivity contribution is -0.220. The van der Waals surface area contributed by atoms with Gasteiger partial charge in [-0.15, -0.1) is 0 Å². The minimum Gasteiger partial charge on any atom is -0.457 e. The predicted octanol–water partition coefficient (Wildman–Crippen LogP) is 11.3. The quantitative estimate of drug-likeness (QED) is 0.0193. The van der Waals surface area contributed by atoms with Gasteiger partial charge in [0.2, 0.25) is 0 Å². The molecule has 0 amide bonds. The van der Waals surface area contributed by atoms with Crippen LogP contribution in [0.4, 0.5) is 0 Å². The molecule has 13 heteroatoms. The summed E-state index contributed by atoms with van der Waals surface area (Å²) in [6, 6.07) is 0. The third-order valence-electron chi connectivity index (χ3n) is 12.5. The molecule has 0 heterocycles. The van der Waals surface area contributed by atoms with E-state index < -0.39 is 63.1 Å². The number of hydrogen-bond donors (Lipinski definition) is 6. The van der Waals surface area contributed by atoms with Crippen LogP contribution in [0, 0.1) is 0 Å². The summed E-state index contributed by atoms with van der Waals surface area (Å²) in [4.78, 5) is 23.1. The summed E-state index contributed by atoms with van der Waals surface area (Å²) in [6.45, 7) is 4.30. The first-order valence-corrected chi connectivity index (χ1v) is 27.4. The van der Waals surface area contributed by atoms with Crippen LogP contribution in [0.3, 0.4) is 0 Å². The van der Waals surface area contributed by atoms with Gasteiger partial charge in [-0.2, -0.15) is 0 Å². The Hall–Kier alpha value is -0.660. The molecule has 0 saturated heterocycles. The third-order valence-corrected chi connectivity index (χ3v) is 13.5. The molecule has 1 fully saturated rings. The summed E-state index contributed by atoms with van der Waals surface area (Å²) in [5.41, 5.74) is 0. The highest BCUT2D eigenvalue weighted by atomic mass is 31.2. The first kappa shape index (κ1) is 59.4. The molecule has 6 unspecified atom stereocenters. The highest BCUT2D eigenvalue weighted by Gasteiger charge is 2.51. The van der Waals surface area contributed by atoms with Gasteiger partial charge in [-0.05, 0) is 12.8 Å². The molecule has 0 spiro atoms. The molecule has 1 aliphatic carbocycles. The molecule has 0 aliphatic heterocycles. The van der Waals surface area contributed by atoms with Crippen LogP contribution in [0.1, 0.15) is 245 Å². The Balaban J connectivity index is 2.24. The van der Waals surface area contributed by atoms with Crippen LogP contribution in [0.15, 0.2) is 0 Å². The van der Waals surface area contributed by atoms with Crippen molar-refractivity contribution in [3.63, 3.8) is 0 Å². The Labute approximate surface area is 378 Å². The van der Waals surface area contributed by atoms with Crippen molar-refractivity contribution in [2.45, 2.75) is 288 Å². The van der Waals surface area contributed by atoms with Crippen molar-refractivity contribution in [2.24, 2.45) is 0 Å². The molecular weight excluding hydrogens is 812 g/mol. The number of phosphoric acid groups is 1. The van der Waals surface area contributed by atoms with Crippen molar-refractivity contribution in [3.8, 4) is 0 Å². The summed E-state index contributed by atoms with van der Waals surface area (Å²) >= 11 is 0. The molecule has 0 aromatic heterocycles. The van der Waals surface area contributed by atoms with Gasteiger partial charge in [-0.1, -0.05) is 226 Å². The van der Waals surface area contributed by atoms with Gasteiger partial charge in [0.05, 0.1) is 13.2 Å². The molecule has 0 aromatic carbocycles. The van der Waals surface area contributed by atoms with Crippen LogP contribution in [0.2, 0.25) is 0 Å². The Bertz CT molecular complexity index is 1040. The Morgan fingerprint density at radius 1 is 0.452 bits per heavy atom. The van der Waals surface area contributed by atoms with Crippen LogP contribution in [-0.4, -0.2) is 98.9 Å². The minimum absolute atomic E-state index is 0.0678. The topological polar surface area (TPSA) is 192 Å². The van der Waals surface area contributed by atoms with Gasteiger partial charge in [-0.25, -0.2) is 4.57 Å². The monoisotopic (exact) mass is 909 g/mol. The predicted molar refractivity (Wildman–Crippen MR) is 249 cm³/mol. The van der Waals surface area contributed by atoms with Crippen molar-refractivity contribution in [1.82, 2.24) is 0 Å². The van der Waals surface area contributed by atoms with Gasteiger partial charge in [0.15, 0.2) is 0 Å². The first-order chi connectivity index (χ1) is 30.0. The zero-order valence-corrected chi connectivity index (χ0v) is 40.6. The van der Waals surface area contributed by atoms with Crippen molar-refractivity contribution in [2.75, 3.05) is 19.8 Å². The van der Waals surface area contributed by atoms with Crippen LogP contribution in [0.5, 0.6) is 0 Å². The van der Waals surface area contributed by atoms with E-state index in [4.69, 9.17) is 18.5 Å². The molecule has 6 N–H and O–H groups in total. The van der Waals surface area contributed by atoms with Gasteiger partial charge in [0.25, 0.3) is 0 Å². The van der Waals surface area contributed by atoms with Gasteiger partial charge >= 0.3 is 13.8 Å². The van der Waals surface area contributed by atoms with Gasteiger partial charge < -0.3 is 39.9 Å². The fourth-order valence-corrected chi connectivity index (χ4v) is 9.33. The van der Waals surface area contributed by atoms with E-state index in [9.17, 15) is 39.8 Å². The lowest BCUT2D eigenvalue weighted by Gasteiger charge is -2.41. The Morgan fingerprint density at radius 3 is 1.11 bits per heavy atom. The second-order valence-corrected chi connectivity index (χ2v) is 19.8. The summed E-state index contributed by atoms with van der Waals surface area (Å²) in [7, 11) is -5.01. The molecule has 0 bridgehead atoms. The van der Waals surface area contributed by atoms with E-state index in [1.54, 1.807) is 0 Å². The maximum atomic E-state index is 12.8.